The molecule has 1 aromatic carbocycles. The Labute approximate surface area is 125 Å². The SMILES string of the molecule is CC(=O)C(NC(=O)CSc1cc(C)ccc1C)C(C)C. The van der Waals surface area contributed by atoms with Crippen molar-refractivity contribution in [2.45, 2.75) is 45.6 Å². The molecule has 110 valence electrons. The molecule has 1 atom stereocenters. The molecule has 0 fully saturated rings. The summed E-state index contributed by atoms with van der Waals surface area (Å²) in [6.45, 7) is 9.46. The van der Waals surface area contributed by atoms with E-state index in [4.69, 9.17) is 0 Å². The normalized spacial score (nSPS) is 12.3. The third-order valence-corrected chi connectivity index (χ3v) is 4.28. The summed E-state index contributed by atoms with van der Waals surface area (Å²) in [4.78, 5) is 24.5. The number of carbonyl (C=O) groups excluding carboxylic acids is 2. The summed E-state index contributed by atoms with van der Waals surface area (Å²) in [5.41, 5.74) is 2.35. The molecule has 0 saturated heterocycles. The molecule has 1 amide bonds. The number of thioether (sulfide) groups is 1. The molecule has 0 aliphatic heterocycles. The third-order valence-electron chi connectivity index (χ3n) is 3.12. The molecule has 0 aliphatic carbocycles. The summed E-state index contributed by atoms with van der Waals surface area (Å²) < 4.78 is 0. The average molecular weight is 293 g/mol. The third kappa shape index (κ3) is 5.00. The first kappa shape index (κ1) is 16.8. The van der Waals surface area contributed by atoms with Gasteiger partial charge in [0.25, 0.3) is 0 Å². The molecule has 0 bridgehead atoms. The summed E-state index contributed by atoms with van der Waals surface area (Å²) in [6.07, 6.45) is 0. The Balaban J connectivity index is 2.59. The number of rotatable bonds is 6. The van der Waals surface area contributed by atoms with Gasteiger partial charge in [-0.3, -0.25) is 9.59 Å². The van der Waals surface area contributed by atoms with Gasteiger partial charge in [-0.2, -0.15) is 0 Å². The molecular formula is C16H23NO2S. The quantitative estimate of drug-likeness (QED) is 0.820. The monoisotopic (exact) mass is 293 g/mol. The van der Waals surface area contributed by atoms with Crippen LogP contribution in [0.3, 0.4) is 0 Å². The van der Waals surface area contributed by atoms with Gasteiger partial charge < -0.3 is 5.32 Å². The summed E-state index contributed by atoms with van der Waals surface area (Å²) in [5, 5.41) is 2.81. The summed E-state index contributed by atoms with van der Waals surface area (Å²) >= 11 is 1.51. The number of hydrogen-bond acceptors (Lipinski definition) is 3. The van der Waals surface area contributed by atoms with Crippen LogP contribution < -0.4 is 5.32 Å². The zero-order chi connectivity index (χ0) is 15.3. The summed E-state index contributed by atoms with van der Waals surface area (Å²) in [5.74, 6) is 0.359. The first-order chi connectivity index (χ1) is 9.31. The highest BCUT2D eigenvalue weighted by atomic mass is 32.2. The van der Waals surface area contributed by atoms with E-state index in [1.54, 1.807) is 0 Å². The van der Waals surface area contributed by atoms with Crippen molar-refractivity contribution < 1.29 is 9.59 Å². The predicted molar refractivity (Wildman–Crippen MR) is 84.1 cm³/mol. The predicted octanol–water partition coefficient (Wildman–Crippen LogP) is 3.13. The Kier molecular flexibility index (Phi) is 6.27. The molecular weight excluding hydrogens is 270 g/mol. The van der Waals surface area contributed by atoms with E-state index in [1.807, 2.05) is 27.7 Å². The largest absolute Gasteiger partial charge is 0.345 e. The van der Waals surface area contributed by atoms with Crippen molar-refractivity contribution in [1.82, 2.24) is 5.32 Å². The lowest BCUT2D eigenvalue weighted by atomic mass is 10.0. The molecule has 0 spiro atoms. The van der Waals surface area contributed by atoms with Gasteiger partial charge in [-0.15, -0.1) is 11.8 Å². The molecule has 3 nitrogen and oxygen atoms in total. The van der Waals surface area contributed by atoms with Gasteiger partial charge in [0.1, 0.15) is 0 Å². The van der Waals surface area contributed by atoms with Crippen LogP contribution in [0.25, 0.3) is 0 Å². The van der Waals surface area contributed by atoms with Gasteiger partial charge in [-0.05, 0) is 38.3 Å². The number of carbonyl (C=O) groups is 2. The molecule has 20 heavy (non-hydrogen) atoms. The number of aryl methyl sites for hydroxylation is 2. The second kappa shape index (κ2) is 7.48. The zero-order valence-electron chi connectivity index (χ0n) is 12.8. The van der Waals surface area contributed by atoms with Crippen LogP contribution in [0.4, 0.5) is 0 Å². The fraction of sp³-hybridized carbons (Fsp3) is 0.500. The van der Waals surface area contributed by atoms with E-state index >= 15 is 0 Å². The van der Waals surface area contributed by atoms with Crippen LogP contribution in [0.1, 0.15) is 31.9 Å². The molecule has 4 heteroatoms. The lowest BCUT2D eigenvalue weighted by Gasteiger charge is -2.19. The molecule has 1 N–H and O–H groups in total. The van der Waals surface area contributed by atoms with E-state index < -0.39 is 0 Å². The number of amides is 1. The van der Waals surface area contributed by atoms with E-state index in [0.717, 1.165) is 4.90 Å². The number of nitrogens with one attached hydrogen (secondary N) is 1. The fourth-order valence-electron chi connectivity index (χ4n) is 1.96. The molecule has 0 aromatic heterocycles. The second-order valence-corrected chi connectivity index (χ2v) is 6.47. The van der Waals surface area contributed by atoms with Gasteiger partial charge in [0.15, 0.2) is 5.78 Å². The fourth-order valence-corrected chi connectivity index (χ4v) is 2.89. The first-order valence-corrected chi connectivity index (χ1v) is 7.79. The van der Waals surface area contributed by atoms with Crippen LogP contribution in [0.5, 0.6) is 0 Å². The maximum atomic E-state index is 11.9. The van der Waals surface area contributed by atoms with Crippen molar-refractivity contribution >= 4 is 23.5 Å². The van der Waals surface area contributed by atoms with Crippen LogP contribution in [-0.2, 0) is 9.59 Å². The van der Waals surface area contributed by atoms with E-state index in [1.165, 1.54) is 29.8 Å². The number of Topliss-reactive ketones (excluding diaryl/α,β-unsaturated/α-hetero) is 1. The number of hydrogen-bond donors (Lipinski definition) is 1. The molecule has 0 saturated carbocycles. The highest BCUT2D eigenvalue weighted by molar-refractivity contribution is 8.00. The van der Waals surface area contributed by atoms with Gasteiger partial charge in [-0.25, -0.2) is 0 Å². The van der Waals surface area contributed by atoms with E-state index in [9.17, 15) is 9.59 Å². The Hall–Kier alpha value is -1.29. The van der Waals surface area contributed by atoms with Crippen LogP contribution in [0, 0.1) is 19.8 Å². The first-order valence-electron chi connectivity index (χ1n) is 6.81. The van der Waals surface area contributed by atoms with Crippen LogP contribution in [-0.4, -0.2) is 23.5 Å². The molecule has 1 rings (SSSR count). The van der Waals surface area contributed by atoms with E-state index in [2.05, 4.69) is 23.5 Å². The maximum Gasteiger partial charge on any atom is 0.230 e. The van der Waals surface area contributed by atoms with Crippen molar-refractivity contribution in [1.29, 1.82) is 0 Å². The minimum absolute atomic E-state index is 0.00471. The van der Waals surface area contributed by atoms with Crippen molar-refractivity contribution in [3.63, 3.8) is 0 Å². The van der Waals surface area contributed by atoms with Gasteiger partial charge in [-0.1, -0.05) is 31.5 Å². The highest BCUT2D eigenvalue weighted by Crippen LogP contribution is 2.23. The van der Waals surface area contributed by atoms with Gasteiger partial charge in [0.05, 0.1) is 11.8 Å². The minimum Gasteiger partial charge on any atom is -0.345 e. The number of benzene rings is 1. The number of ketones is 1. The average Bonchev–Trinajstić information content (AvgIpc) is 2.36. The van der Waals surface area contributed by atoms with Crippen LogP contribution in [0.2, 0.25) is 0 Å². The Bertz CT molecular complexity index is 497. The molecule has 1 aromatic rings. The smallest absolute Gasteiger partial charge is 0.230 e. The van der Waals surface area contributed by atoms with Crippen molar-refractivity contribution in [2.24, 2.45) is 5.92 Å². The lowest BCUT2D eigenvalue weighted by molar-refractivity contribution is -0.126. The van der Waals surface area contributed by atoms with E-state index in [-0.39, 0.29) is 23.7 Å². The highest BCUT2D eigenvalue weighted by Gasteiger charge is 2.20. The van der Waals surface area contributed by atoms with Gasteiger partial charge in [0.2, 0.25) is 5.91 Å². The van der Waals surface area contributed by atoms with Crippen molar-refractivity contribution in [3.8, 4) is 0 Å². The molecule has 0 heterocycles. The van der Waals surface area contributed by atoms with Crippen molar-refractivity contribution in [3.05, 3.63) is 29.3 Å². The lowest BCUT2D eigenvalue weighted by Crippen LogP contribution is -2.44. The Morgan fingerprint density at radius 2 is 1.90 bits per heavy atom. The van der Waals surface area contributed by atoms with Gasteiger partial charge in [0, 0.05) is 4.90 Å². The van der Waals surface area contributed by atoms with Crippen LogP contribution in [0.15, 0.2) is 23.1 Å². The van der Waals surface area contributed by atoms with E-state index in [0.29, 0.717) is 5.75 Å². The standard InChI is InChI=1S/C16H23NO2S/c1-10(2)16(13(5)18)17-15(19)9-20-14-8-11(3)6-7-12(14)4/h6-8,10,16H,9H2,1-5H3,(H,17,19). The van der Waals surface area contributed by atoms with Crippen molar-refractivity contribution in [2.75, 3.05) is 5.75 Å². The molecule has 0 aliphatic rings. The van der Waals surface area contributed by atoms with Gasteiger partial charge >= 0.3 is 0 Å². The topological polar surface area (TPSA) is 46.2 Å². The molecule has 1 unspecified atom stereocenters. The Morgan fingerprint density at radius 1 is 1.25 bits per heavy atom. The minimum atomic E-state index is -0.387. The molecule has 0 radical (unpaired) electrons. The summed E-state index contributed by atoms with van der Waals surface area (Å²) in [6, 6.07) is 5.81. The maximum absolute atomic E-state index is 11.9. The zero-order valence-corrected chi connectivity index (χ0v) is 13.6. The summed E-state index contributed by atoms with van der Waals surface area (Å²) in [7, 11) is 0. The Morgan fingerprint density at radius 3 is 2.45 bits per heavy atom. The van der Waals surface area contributed by atoms with Crippen LogP contribution >= 0.6 is 11.8 Å². The second-order valence-electron chi connectivity index (χ2n) is 5.46.